The number of alkyl halides is 1. The lowest BCUT2D eigenvalue weighted by atomic mass is 9.85. The van der Waals surface area contributed by atoms with E-state index in [0.717, 1.165) is 24.3 Å². The Morgan fingerprint density at radius 3 is 2.80 bits per heavy atom. The van der Waals surface area contributed by atoms with Gasteiger partial charge in [0.05, 0.1) is 15.2 Å². The number of benzene rings is 1. The largest absolute Gasteiger partial charge is 0.241 e. The van der Waals surface area contributed by atoms with Gasteiger partial charge < -0.3 is 0 Å². The van der Waals surface area contributed by atoms with Crippen molar-refractivity contribution in [3.05, 3.63) is 29.3 Å². The Morgan fingerprint density at radius 1 is 1.20 bits per heavy atom. The molecular weight excluding hydrogens is 286 g/mol. The first-order valence-corrected chi connectivity index (χ1v) is 9.05. The van der Waals surface area contributed by atoms with Gasteiger partial charge in [0.15, 0.2) is 0 Å². The van der Waals surface area contributed by atoms with Crippen LogP contribution >= 0.6 is 22.9 Å². The fourth-order valence-corrected chi connectivity index (χ4v) is 4.60. The Bertz CT molecular complexity index is 512. The molecule has 0 amide bonds. The smallest absolute Gasteiger partial charge is 0.0953 e. The summed E-state index contributed by atoms with van der Waals surface area (Å²) in [5.41, 5.74) is 1.11. The van der Waals surface area contributed by atoms with E-state index in [1.54, 1.807) is 11.3 Å². The van der Waals surface area contributed by atoms with Gasteiger partial charge in [0.1, 0.15) is 0 Å². The summed E-state index contributed by atoms with van der Waals surface area (Å²) >= 11 is 8.32. The molecule has 1 fully saturated rings. The van der Waals surface area contributed by atoms with Crippen LogP contribution in [0.2, 0.25) is 0 Å². The van der Waals surface area contributed by atoms with E-state index >= 15 is 0 Å². The van der Waals surface area contributed by atoms with Gasteiger partial charge >= 0.3 is 0 Å². The molecule has 108 valence electrons. The second-order valence-corrected chi connectivity index (χ2v) is 7.69. The van der Waals surface area contributed by atoms with Crippen LogP contribution < -0.4 is 0 Å². The summed E-state index contributed by atoms with van der Waals surface area (Å²) in [7, 11) is 0. The normalized spacial score (nSPS) is 18.4. The first-order chi connectivity index (χ1) is 9.81. The molecule has 0 radical (unpaired) electrons. The molecule has 1 aromatic carbocycles. The van der Waals surface area contributed by atoms with Crippen molar-refractivity contribution in [1.29, 1.82) is 0 Å². The highest BCUT2D eigenvalue weighted by atomic mass is 35.5. The van der Waals surface area contributed by atoms with Gasteiger partial charge in [0, 0.05) is 11.8 Å². The average Bonchev–Trinajstić information content (AvgIpc) is 2.88. The van der Waals surface area contributed by atoms with Gasteiger partial charge in [-0.25, -0.2) is 4.98 Å². The molecule has 0 bridgehead atoms. The van der Waals surface area contributed by atoms with E-state index in [9.17, 15) is 0 Å². The lowest BCUT2D eigenvalue weighted by molar-refractivity contribution is 0.330. The molecule has 2 aromatic rings. The van der Waals surface area contributed by atoms with Gasteiger partial charge in [-0.15, -0.1) is 22.9 Å². The zero-order valence-corrected chi connectivity index (χ0v) is 13.4. The Morgan fingerprint density at radius 2 is 2.00 bits per heavy atom. The van der Waals surface area contributed by atoms with Crippen LogP contribution in [-0.2, 0) is 6.42 Å². The summed E-state index contributed by atoms with van der Waals surface area (Å²) in [4.78, 5) is 4.68. The number of rotatable bonds is 5. The minimum Gasteiger partial charge on any atom is -0.241 e. The molecule has 1 aromatic heterocycles. The van der Waals surface area contributed by atoms with Crippen LogP contribution in [0.3, 0.4) is 0 Å². The van der Waals surface area contributed by atoms with E-state index in [-0.39, 0.29) is 5.38 Å². The van der Waals surface area contributed by atoms with Gasteiger partial charge in [-0.1, -0.05) is 44.2 Å². The van der Waals surface area contributed by atoms with E-state index in [2.05, 4.69) is 23.2 Å². The van der Waals surface area contributed by atoms with E-state index in [4.69, 9.17) is 11.6 Å². The number of thiazole rings is 1. The second kappa shape index (κ2) is 6.91. The molecule has 0 saturated heterocycles. The lowest BCUT2D eigenvalue weighted by Crippen LogP contribution is -2.10. The Labute approximate surface area is 130 Å². The molecule has 1 unspecified atom stereocenters. The van der Waals surface area contributed by atoms with Gasteiger partial charge in [0.25, 0.3) is 0 Å². The highest BCUT2D eigenvalue weighted by Crippen LogP contribution is 2.30. The van der Waals surface area contributed by atoms with Crippen molar-refractivity contribution in [3.63, 3.8) is 0 Å². The number of hydrogen-bond donors (Lipinski definition) is 0. The molecule has 1 aliphatic rings. The average molecular weight is 308 g/mol. The summed E-state index contributed by atoms with van der Waals surface area (Å²) < 4.78 is 1.28. The topological polar surface area (TPSA) is 12.9 Å². The molecule has 1 saturated carbocycles. The molecule has 3 heteroatoms. The number of nitrogens with zero attached hydrogens (tertiary/aromatic N) is 1. The number of hydrogen-bond acceptors (Lipinski definition) is 2. The van der Waals surface area contributed by atoms with E-state index < -0.39 is 0 Å². The van der Waals surface area contributed by atoms with Gasteiger partial charge in [0.2, 0.25) is 0 Å². The van der Waals surface area contributed by atoms with E-state index in [1.165, 1.54) is 48.2 Å². The summed E-state index contributed by atoms with van der Waals surface area (Å²) in [6.07, 6.45) is 10.5. The highest BCUT2D eigenvalue weighted by Gasteiger charge is 2.16. The molecule has 0 spiro atoms. The standard InChI is InChI=1S/C17H22ClNS/c18-14(11-10-13-6-2-1-3-7-13)12-17-19-15-8-4-5-9-16(15)20-17/h4-5,8-9,13-14H,1-3,6-7,10-12H2. The molecule has 1 atom stereocenters. The number of aromatic nitrogens is 1. The van der Waals surface area contributed by atoms with Crippen molar-refractivity contribution in [1.82, 2.24) is 4.98 Å². The van der Waals surface area contributed by atoms with Crippen LogP contribution in [0, 0.1) is 5.92 Å². The molecule has 1 heterocycles. The summed E-state index contributed by atoms with van der Waals surface area (Å²) in [6.45, 7) is 0. The Balaban J connectivity index is 1.51. The third kappa shape index (κ3) is 3.73. The van der Waals surface area contributed by atoms with Crippen molar-refractivity contribution >= 4 is 33.2 Å². The van der Waals surface area contributed by atoms with Gasteiger partial charge in [-0.2, -0.15) is 0 Å². The SMILES string of the molecule is ClC(CCC1CCCCC1)Cc1nc2ccccc2s1. The van der Waals surface area contributed by atoms with Crippen molar-refractivity contribution in [3.8, 4) is 0 Å². The highest BCUT2D eigenvalue weighted by molar-refractivity contribution is 7.18. The first-order valence-electron chi connectivity index (χ1n) is 7.80. The quantitative estimate of drug-likeness (QED) is 0.635. The third-order valence-electron chi connectivity index (χ3n) is 4.35. The first kappa shape index (κ1) is 14.3. The maximum Gasteiger partial charge on any atom is 0.0953 e. The maximum absolute atomic E-state index is 6.53. The molecule has 0 aliphatic heterocycles. The van der Waals surface area contributed by atoms with Crippen LogP contribution in [0.15, 0.2) is 24.3 Å². The summed E-state index contributed by atoms with van der Waals surface area (Å²) in [6, 6.07) is 8.35. The van der Waals surface area contributed by atoms with Crippen LogP contribution in [0.5, 0.6) is 0 Å². The van der Waals surface area contributed by atoms with Gasteiger partial charge in [-0.3, -0.25) is 0 Å². The Kier molecular flexibility index (Phi) is 4.95. The molecule has 1 aliphatic carbocycles. The summed E-state index contributed by atoms with van der Waals surface area (Å²) in [5, 5.41) is 1.44. The number of fused-ring (bicyclic) bond motifs is 1. The van der Waals surface area contributed by atoms with Crippen molar-refractivity contribution in [2.24, 2.45) is 5.92 Å². The summed E-state index contributed by atoms with van der Waals surface area (Å²) in [5.74, 6) is 0.931. The molecular formula is C17H22ClNS. The molecule has 1 nitrogen and oxygen atoms in total. The maximum atomic E-state index is 6.53. The fraction of sp³-hybridized carbons (Fsp3) is 0.588. The zero-order chi connectivity index (χ0) is 13.8. The molecule has 20 heavy (non-hydrogen) atoms. The number of para-hydroxylation sites is 1. The van der Waals surface area contributed by atoms with Crippen molar-refractivity contribution < 1.29 is 0 Å². The number of halogens is 1. The zero-order valence-electron chi connectivity index (χ0n) is 11.9. The molecule has 0 N–H and O–H groups in total. The fourth-order valence-electron chi connectivity index (χ4n) is 3.19. The van der Waals surface area contributed by atoms with Crippen molar-refractivity contribution in [2.45, 2.75) is 56.7 Å². The third-order valence-corrected chi connectivity index (χ3v) is 5.78. The minimum absolute atomic E-state index is 0.248. The van der Waals surface area contributed by atoms with E-state index in [0.29, 0.717) is 0 Å². The second-order valence-electron chi connectivity index (χ2n) is 5.96. The predicted octanol–water partition coefficient (Wildman–Crippen LogP) is 5.81. The monoisotopic (exact) mass is 307 g/mol. The molecule has 3 rings (SSSR count). The predicted molar refractivity (Wildman–Crippen MR) is 88.8 cm³/mol. The van der Waals surface area contributed by atoms with Crippen LogP contribution in [0.25, 0.3) is 10.2 Å². The lowest BCUT2D eigenvalue weighted by Gasteiger charge is -2.22. The van der Waals surface area contributed by atoms with Crippen LogP contribution in [0.1, 0.15) is 50.0 Å². The van der Waals surface area contributed by atoms with E-state index in [1.807, 2.05) is 6.07 Å². The van der Waals surface area contributed by atoms with Crippen LogP contribution in [-0.4, -0.2) is 10.4 Å². The van der Waals surface area contributed by atoms with Crippen molar-refractivity contribution in [2.75, 3.05) is 0 Å². The Hall–Kier alpha value is -0.600. The minimum atomic E-state index is 0.248. The van der Waals surface area contributed by atoms with Gasteiger partial charge in [-0.05, 0) is 30.9 Å². The van der Waals surface area contributed by atoms with Crippen LogP contribution in [0.4, 0.5) is 0 Å².